The molecule has 0 saturated heterocycles. The van der Waals surface area contributed by atoms with Crippen LogP contribution in [-0.2, 0) is 11.8 Å². The topological polar surface area (TPSA) is 70.1 Å². The van der Waals surface area contributed by atoms with Crippen LogP contribution in [0.2, 0.25) is 0 Å². The third kappa shape index (κ3) is 2.57. The average Bonchev–Trinajstić information content (AvgIpc) is 2.78. The zero-order valence-electron chi connectivity index (χ0n) is 10.7. The van der Waals surface area contributed by atoms with Crippen molar-refractivity contribution >= 4 is 11.7 Å². The molecule has 1 heterocycles. The Morgan fingerprint density at radius 2 is 2.26 bits per heavy atom. The van der Waals surface area contributed by atoms with Gasteiger partial charge in [0.25, 0.3) is 0 Å². The summed E-state index contributed by atoms with van der Waals surface area (Å²) in [5.41, 5.74) is 7.21. The Balaban J connectivity index is 2.54. The summed E-state index contributed by atoms with van der Waals surface area (Å²) in [5, 5.41) is 4.00. The molecule has 0 atom stereocenters. The first-order chi connectivity index (χ1) is 9.02. The smallest absolute Gasteiger partial charge is 0.340 e. The summed E-state index contributed by atoms with van der Waals surface area (Å²) in [6, 6.07) is 2.35. The number of carbonyl (C=O) groups is 1. The second-order valence-corrected chi connectivity index (χ2v) is 4.04. The largest absolute Gasteiger partial charge is 0.462 e. The Morgan fingerprint density at radius 3 is 2.84 bits per heavy atom. The van der Waals surface area contributed by atoms with Gasteiger partial charge >= 0.3 is 5.97 Å². The predicted molar refractivity (Wildman–Crippen MR) is 69.0 cm³/mol. The number of halogens is 1. The third-order valence-electron chi connectivity index (χ3n) is 2.66. The minimum atomic E-state index is -0.635. The molecule has 0 aliphatic carbocycles. The van der Waals surface area contributed by atoms with Crippen LogP contribution in [0.5, 0.6) is 0 Å². The molecular weight excluding hydrogens is 249 g/mol. The zero-order valence-corrected chi connectivity index (χ0v) is 10.7. The van der Waals surface area contributed by atoms with Crippen molar-refractivity contribution in [1.29, 1.82) is 0 Å². The maximum Gasteiger partial charge on any atom is 0.340 e. The highest BCUT2D eigenvalue weighted by Gasteiger charge is 2.17. The molecule has 6 heteroatoms. The Labute approximate surface area is 109 Å². The Hall–Kier alpha value is -2.37. The van der Waals surface area contributed by atoms with Crippen molar-refractivity contribution in [3.63, 3.8) is 0 Å². The molecule has 0 bridgehead atoms. The number of esters is 1. The molecule has 0 saturated carbocycles. The standard InChI is InChI=1S/C13H14FN3O2/c1-3-19-13(18)11-5-9(14)4-10(12(11)15)8-6-16-17(2)7-8/h4-7H,3,15H2,1-2H3. The number of anilines is 1. The molecule has 2 aromatic rings. The highest BCUT2D eigenvalue weighted by molar-refractivity contribution is 5.99. The number of hydrogen-bond donors (Lipinski definition) is 1. The van der Waals surface area contributed by atoms with Crippen molar-refractivity contribution in [2.45, 2.75) is 6.92 Å². The van der Waals surface area contributed by atoms with E-state index in [1.54, 1.807) is 31.0 Å². The van der Waals surface area contributed by atoms with Crippen LogP contribution in [0.4, 0.5) is 10.1 Å². The number of hydrogen-bond acceptors (Lipinski definition) is 4. The van der Waals surface area contributed by atoms with Crippen LogP contribution in [-0.4, -0.2) is 22.4 Å². The second-order valence-electron chi connectivity index (χ2n) is 4.04. The van der Waals surface area contributed by atoms with Gasteiger partial charge in [-0.15, -0.1) is 0 Å². The summed E-state index contributed by atoms with van der Waals surface area (Å²) in [6.45, 7) is 1.88. The van der Waals surface area contributed by atoms with Crippen molar-refractivity contribution in [3.8, 4) is 11.1 Å². The van der Waals surface area contributed by atoms with Crippen LogP contribution in [0.15, 0.2) is 24.5 Å². The molecule has 0 unspecified atom stereocenters. The minimum Gasteiger partial charge on any atom is -0.462 e. The van der Waals surface area contributed by atoms with E-state index in [9.17, 15) is 9.18 Å². The van der Waals surface area contributed by atoms with E-state index in [2.05, 4.69) is 5.10 Å². The molecule has 100 valence electrons. The van der Waals surface area contributed by atoms with Gasteiger partial charge in [0.05, 0.1) is 24.1 Å². The summed E-state index contributed by atoms with van der Waals surface area (Å²) in [7, 11) is 1.74. The van der Waals surface area contributed by atoms with Crippen LogP contribution in [0, 0.1) is 5.82 Å². The first-order valence-electron chi connectivity index (χ1n) is 5.78. The number of aryl methyl sites for hydroxylation is 1. The molecule has 2 rings (SSSR count). The lowest BCUT2D eigenvalue weighted by atomic mass is 10.0. The van der Waals surface area contributed by atoms with Gasteiger partial charge in [-0.2, -0.15) is 5.10 Å². The van der Waals surface area contributed by atoms with Crippen LogP contribution in [0.3, 0.4) is 0 Å². The molecule has 1 aromatic carbocycles. The highest BCUT2D eigenvalue weighted by Crippen LogP contribution is 2.30. The van der Waals surface area contributed by atoms with Crippen molar-refractivity contribution in [2.75, 3.05) is 12.3 Å². The van der Waals surface area contributed by atoms with Crippen LogP contribution in [0.1, 0.15) is 17.3 Å². The molecule has 2 N–H and O–H groups in total. The predicted octanol–water partition coefficient (Wildman–Crippen LogP) is 1.99. The van der Waals surface area contributed by atoms with E-state index < -0.39 is 11.8 Å². The van der Waals surface area contributed by atoms with Crippen molar-refractivity contribution in [3.05, 3.63) is 35.9 Å². The van der Waals surface area contributed by atoms with Gasteiger partial charge in [-0.05, 0) is 19.1 Å². The second kappa shape index (κ2) is 5.09. The first-order valence-corrected chi connectivity index (χ1v) is 5.78. The molecule has 0 spiro atoms. The Bertz CT molecular complexity index is 622. The maximum atomic E-state index is 13.6. The van der Waals surface area contributed by atoms with Gasteiger partial charge in [0.1, 0.15) is 5.82 Å². The Morgan fingerprint density at radius 1 is 1.53 bits per heavy atom. The number of nitrogens with zero attached hydrogens (tertiary/aromatic N) is 2. The molecule has 0 aliphatic rings. The fourth-order valence-electron chi connectivity index (χ4n) is 1.79. The van der Waals surface area contributed by atoms with Crippen molar-refractivity contribution in [1.82, 2.24) is 9.78 Å². The Kier molecular flexibility index (Phi) is 3.50. The van der Waals surface area contributed by atoms with Crippen LogP contribution in [0.25, 0.3) is 11.1 Å². The van der Waals surface area contributed by atoms with Crippen LogP contribution >= 0.6 is 0 Å². The molecule has 19 heavy (non-hydrogen) atoms. The minimum absolute atomic E-state index is 0.0284. The number of carbonyl (C=O) groups excluding carboxylic acids is 1. The van der Waals surface area contributed by atoms with Gasteiger partial charge in [-0.25, -0.2) is 9.18 Å². The summed E-state index contributed by atoms with van der Waals surface area (Å²) in [4.78, 5) is 11.7. The van der Waals surface area contributed by atoms with Crippen molar-refractivity contribution in [2.24, 2.45) is 7.05 Å². The van der Waals surface area contributed by atoms with E-state index in [4.69, 9.17) is 10.5 Å². The fraction of sp³-hybridized carbons (Fsp3) is 0.231. The normalized spacial score (nSPS) is 10.5. The lowest BCUT2D eigenvalue weighted by Crippen LogP contribution is -2.09. The van der Waals surface area contributed by atoms with Gasteiger partial charge < -0.3 is 10.5 Å². The number of rotatable bonds is 3. The van der Waals surface area contributed by atoms with E-state index in [1.165, 1.54) is 6.07 Å². The number of nitrogen functional groups attached to an aromatic ring is 1. The maximum absolute atomic E-state index is 13.6. The molecule has 0 radical (unpaired) electrons. The summed E-state index contributed by atoms with van der Waals surface area (Å²) in [5.74, 6) is -1.18. The zero-order chi connectivity index (χ0) is 14.0. The quantitative estimate of drug-likeness (QED) is 0.679. The third-order valence-corrected chi connectivity index (χ3v) is 2.66. The van der Waals surface area contributed by atoms with Gasteiger partial charge in [0.15, 0.2) is 0 Å². The van der Waals surface area contributed by atoms with E-state index in [1.807, 2.05) is 0 Å². The number of aromatic nitrogens is 2. The number of nitrogens with two attached hydrogens (primary N) is 1. The lowest BCUT2D eigenvalue weighted by molar-refractivity contribution is 0.0527. The first kappa shape index (κ1) is 13.1. The van der Waals surface area contributed by atoms with E-state index >= 15 is 0 Å². The number of ether oxygens (including phenoxy) is 1. The van der Waals surface area contributed by atoms with E-state index in [0.29, 0.717) is 11.1 Å². The van der Waals surface area contributed by atoms with Crippen molar-refractivity contribution < 1.29 is 13.9 Å². The average molecular weight is 263 g/mol. The lowest BCUT2D eigenvalue weighted by Gasteiger charge is -2.09. The molecule has 0 aliphatic heterocycles. The fourth-order valence-corrected chi connectivity index (χ4v) is 1.79. The van der Waals surface area contributed by atoms with Gasteiger partial charge in [0, 0.05) is 24.4 Å². The van der Waals surface area contributed by atoms with Crippen LogP contribution < -0.4 is 5.73 Å². The molecule has 0 fully saturated rings. The summed E-state index contributed by atoms with van der Waals surface area (Å²) in [6.07, 6.45) is 3.25. The van der Waals surface area contributed by atoms with Gasteiger partial charge in [0.2, 0.25) is 0 Å². The highest BCUT2D eigenvalue weighted by atomic mass is 19.1. The van der Waals surface area contributed by atoms with Gasteiger partial charge in [-0.1, -0.05) is 0 Å². The van der Waals surface area contributed by atoms with Gasteiger partial charge in [-0.3, -0.25) is 4.68 Å². The summed E-state index contributed by atoms with van der Waals surface area (Å²) >= 11 is 0. The van der Waals surface area contributed by atoms with E-state index in [-0.39, 0.29) is 17.9 Å². The molecular formula is C13H14FN3O2. The monoisotopic (exact) mass is 263 g/mol. The number of benzene rings is 1. The summed E-state index contributed by atoms with van der Waals surface area (Å²) < 4.78 is 20.0. The van der Waals surface area contributed by atoms with E-state index in [0.717, 1.165) is 6.07 Å². The molecule has 0 amide bonds. The molecule has 1 aromatic heterocycles. The molecule has 5 nitrogen and oxygen atoms in total. The SMILES string of the molecule is CCOC(=O)c1cc(F)cc(-c2cnn(C)c2)c1N.